The number of fused-ring (bicyclic) bond motifs is 1. The molecule has 0 bridgehead atoms. The molecule has 0 radical (unpaired) electrons. The number of nitrogens with zero attached hydrogens (tertiary/aromatic N) is 1. The Balaban J connectivity index is 1.79. The minimum Gasteiger partial charge on any atom is -0.478 e. The monoisotopic (exact) mass is 411 g/mol. The van der Waals surface area contributed by atoms with E-state index in [9.17, 15) is 9.59 Å². The van der Waals surface area contributed by atoms with Crippen LogP contribution < -0.4 is 0 Å². The number of benzene rings is 3. The smallest absolute Gasteiger partial charge is 0.335 e. The van der Waals surface area contributed by atoms with Gasteiger partial charge in [-0.2, -0.15) is 0 Å². The molecule has 0 saturated carbocycles. The van der Waals surface area contributed by atoms with Crippen LogP contribution in [0.1, 0.15) is 37.4 Å². The molecule has 1 N–H and O–H groups in total. The summed E-state index contributed by atoms with van der Waals surface area (Å²) >= 11 is 13.2. The summed E-state index contributed by atoms with van der Waals surface area (Å²) in [4.78, 5) is 24.6. The first-order valence-electron chi connectivity index (χ1n) is 8.60. The molecule has 28 heavy (non-hydrogen) atoms. The van der Waals surface area contributed by atoms with Crippen LogP contribution in [0.2, 0.25) is 5.02 Å². The third kappa shape index (κ3) is 2.95. The summed E-state index contributed by atoms with van der Waals surface area (Å²) in [7, 11) is 0. The molecule has 3 aromatic rings. The SMILES string of the molecule is O=C(O)c1ccc(CN2C(=O)c3ccccc3C2(Cl)c2ccc(Cl)cc2)cc1. The second-order valence-corrected chi connectivity index (χ2v) is 7.55. The molecule has 6 heteroatoms. The van der Waals surface area contributed by atoms with Gasteiger partial charge in [0.15, 0.2) is 5.00 Å². The minimum absolute atomic E-state index is 0.178. The fraction of sp³-hybridized carbons (Fsp3) is 0.0909. The fourth-order valence-electron chi connectivity index (χ4n) is 3.49. The van der Waals surface area contributed by atoms with Crippen LogP contribution in [-0.2, 0) is 11.5 Å². The van der Waals surface area contributed by atoms with E-state index >= 15 is 0 Å². The standard InChI is InChI=1S/C22H15Cl2NO3/c23-17-11-9-16(10-12-17)22(24)19-4-2-1-3-18(19)20(26)25(22)13-14-5-7-15(8-6-14)21(27)28/h1-12H,13H2,(H,27,28). The molecule has 1 heterocycles. The van der Waals surface area contributed by atoms with Gasteiger partial charge in [0.25, 0.3) is 5.91 Å². The Kier molecular flexibility index (Phi) is 4.61. The third-order valence-corrected chi connectivity index (χ3v) is 5.78. The van der Waals surface area contributed by atoms with Gasteiger partial charge in [-0.3, -0.25) is 4.79 Å². The van der Waals surface area contributed by atoms with Crippen molar-refractivity contribution in [1.82, 2.24) is 4.90 Å². The highest BCUT2D eigenvalue weighted by Gasteiger charge is 2.49. The van der Waals surface area contributed by atoms with Gasteiger partial charge in [-0.25, -0.2) is 4.79 Å². The molecule has 0 aromatic heterocycles. The van der Waals surface area contributed by atoms with E-state index in [4.69, 9.17) is 28.3 Å². The molecule has 4 nitrogen and oxygen atoms in total. The quantitative estimate of drug-likeness (QED) is 0.477. The van der Waals surface area contributed by atoms with Crippen molar-refractivity contribution in [3.8, 4) is 0 Å². The maximum atomic E-state index is 13.2. The summed E-state index contributed by atoms with van der Waals surface area (Å²) < 4.78 is 0. The molecule has 140 valence electrons. The highest BCUT2D eigenvalue weighted by molar-refractivity contribution is 6.31. The highest BCUT2D eigenvalue weighted by atomic mass is 35.5. The van der Waals surface area contributed by atoms with Crippen LogP contribution in [0.3, 0.4) is 0 Å². The van der Waals surface area contributed by atoms with Gasteiger partial charge in [-0.1, -0.05) is 65.7 Å². The average molecular weight is 412 g/mol. The lowest BCUT2D eigenvalue weighted by Gasteiger charge is -2.34. The second-order valence-electron chi connectivity index (χ2n) is 6.57. The van der Waals surface area contributed by atoms with E-state index in [-0.39, 0.29) is 18.0 Å². The summed E-state index contributed by atoms with van der Waals surface area (Å²) in [6, 6.07) is 20.8. The predicted octanol–water partition coefficient (Wildman–Crippen LogP) is 5.13. The van der Waals surface area contributed by atoms with Crippen molar-refractivity contribution in [3.63, 3.8) is 0 Å². The zero-order valence-corrected chi connectivity index (χ0v) is 16.1. The molecule has 0 saturated heterocycles. The molecular formula is C22H15Cl2NO3. The number of carboxylic acid groups (broad SMARTS) is 1. The normalized spacial score (nSPS) is 18.2. The van der Waals surface area contributed by atoms with Gasteiger partial charge >= 0.3 is 5.97 Å². The van der Waals surface area contributed by atoms with Crippen LogP contribution in [0.15, 0.2) is 72.8 Å². The van der Waals surface area contributed by atoms with Crippen LogP contribution in [0.25, 0.3) is 0 Å². The molecule has 1 atom stereocenters. The number of hydrogen-bond acceptors (Lipinski definition) is 2. The predicted molar refractivity (Wildman–Crippen MR) is 108 cm³/mol. The van der Waals surface area contributed by atoms with Crippen LogP contribution in [0.4, 0.5) is 0 Å². The van der Waals surface area contributed by atoms with Crippen LogP contribution in [0, 0.1) is 0 Å². The first-order chi connectivity index (χ1) is 13.4. The van der Waals surface area contributed by atoms with Crippen molar-refractivity contribution >= 4 is 35.1 Å². The van der Waals surface area contributed by atoms with Crippen LogP contribution >= 0.6 is 23.2 Å². The van der Waals surface area contributed by atoms with Crippen molar-refractivity contribution < 1.29 is 14.7 Å². The molecule has 4 rings (SSSR count). The van der Waals surface area contributed by atoms with E-state index in [0.717, 1.165) is 11.1 Å². The summed E-state index contributed by atoms with van der Waals surface area (Å²) in [5.74, 6) is -1.17. The summed E-state index contributed by atoms with van der Waals surface area (Å²) in [5.41, 5.74) is 2.97. The topological polar surface area (TPSA) is 57.6 Å². The Labute approximate surface area is 171 Å². The zero-order chi connectivity index (χ0) is 19.9. The number of amides is 1. The largest absolute Gasteiger partial charge is 0.478 e. The van der Waals surface area contributed by atoms with Gasteiger partial charge in [0.2, 0.25) is 0 Å². The maximum Gasteiger partial charge on any atom is 0.335 e. The van der Waals surface area contributed by atoms with Gasteiger partial charge in [0.05, 0.1) is 5.56 Å². The van der Waals surface area contributed by atoms with Crippen LogP contribution in [-0.4, -0.2) is 21.9 Å². The number of halogens is 2. The Bertz CT molecular complexity index is 1060. The van der Waals surface area contributed by atoms with Gasteiger partial charge in [-0.05, 0) is 41.5 Å². The van der Waals surface area contributed by atoms with Gasteiger partial charge < -0.3 is 10.0 Å². The number of aromatic carboxylic acids is 1. The Morgan fingerprint density at radius 3 is 2.25 bits per heavy atom. The molecule has 0 fully saturated rings. The molecule has 3 aromatic carbocycles. The number of carbonyl (C=O) groups is 2. The van der Waals surface area contributed by atoms with E-state index in [2.05, 4.69) is 0 Å². The highest BCUT2D eigenvalue weighted by Crippen LogP contribution is 2.48. The van der Waals surface area contributed by atoms with E-state index in [1.807, 2.05) is 24.3 Å². The molecule has 1 aliphatic rings. The van der Waals surface area contributed by atoms with E-state index in [1.54, 1.807) is 41.3 Å². The zero-order valence-electron chi connectivity index (χ0n) is 14.6. The van der Waals surface area contributed by atoms with Crippen molar-refractivity contribution in [2.75, 3.05) is 0 Å². The molecule has 1 aliphatic heterocycles. The molecule has 0 aliphatic carbocycles. The van der Waals surface area contributed by atoms with Crippen molar-refractivity contribution in [1.29, 1.82) is 0 Å². The molecule has 1 amide bonds. The number of rotatable bonds is 4. The summed E-state index contributed by atoms with van der Waals surface area (Å²) in [5, 5.41) is 9.66. The van der Waals surface area contributed by atoms with Gasteiger partial charge in [0.1, 0.15) is 0 Å². The van der Waals surface area contributed by atoms with E-state index in [1.165, 1.54) is 12.1 Å². The van der Waals surface area contributed by atoms with Crippen molar-refractivity contribution in [2.24, 2.45) is 0 Å². The number of hydrogen-bond donors (Lipinski definition) is 1. The Hall–Kier alpha value is -2.82. The molecular weight excluding hydrogens is 397 g/mol. The maximum absolute atomic E-state index is 13.2. The van der Waals surface area contributed by atoms with Crippen molar-refractivity contribution in [2.45, 2.75) is 11.5 Å². The molecule has 1 unspecified atom stereocenters. The lowest BCUT2D eigenvalue weighted by Crippen LogP contribution is -2.39. The third-order valence-electron chi connectivity index (χ3n) is 4.90. The van der Waals surface area contributed by atoms with Crippen molar-refractivity contribution in [3.05, 3.63) is 106 Å². The molecule has 0 spiro atoms. The average Bonchev–Trinajstić information content (AvgIpc) is 2.92. The lowest BCUT2D eigenvalue weighted by atomic mass is 9.97. The lowest BCUT2D eigenvalue weighted by molar-refractivity contribution is 0.0687. The second kappa shape index (κ2) is 6.97. The number of alkyl halides is 1. The Morgan fingerprint density at radius 2 is 1.61 bits per heavy atom. The first kappa shape index (κ1) is 18.5. The summed E-state index contributed by atoms with van der Waals surface area (Å²) in [6.07, 6.45) is 0. The Morgan fingerprint density at radius 1 is 0.964 bits per heavy atom. The van der Waals surface area contributed by atoms with Gasteiger partial charge in [0, 0.05) is 22.7 Å². The van der Waals surface area contributed by atoms with E-state index in [0.29, 0.717) is 16.1 Å². The van der Waals surface area contributed by atoms with Gasteiger partial charge in [-0.15, -0.1) is 0 Å². The number of carbonyl (C=O) groups excluding carboxylic acids is 1. The van der Waals surface area contributed by atoms with Crippen LogP contribution in [0.5, 0.6) is 0 Å². The fourth-order valence-corrected chi connectivity index (χ4v) is 4.04. The first-order valence-corrected chi connectivity index (χ1v) is 9.35. The minimum atomic E-state index is -1.18. The van der Waals surface area contributed by atoms with E-state index < -0.39 is 11.0 Å². The number of carboxylic acids is 1. The summed E-state index contributed by atoms with van der Waals surface area (Å²) in [6.45, 7) is 0.236.